The van der Waals surface area contributed by atoms with Crippen molar-refractivity contribution in [2.45, 2.75) is 24.7 Å². The van der Waals surface area contributed by atoms with Gasteiger partial charge >= 0.3 is 19.4 Å². The third-order valence-corrected chi connectivity index (χ3v) is 4.42. The molecule has 7 nitrogen and oxygen atoms in total. The zero-order valence-electron chi connectivity index (χ0n) is 13.3. The van der Waals surface area contributed by atoms with E-state index in [9.17, 15) is 26.5 Å². The van der Waals surface area contributed by atoms with E-state index in [-0.39, 0.29) is 29.8 Å². The zero-order chi connectivity index (χ0) is 20.5. The van der Waals surface area contributed by atoms with Gasteiger partial charge in [-0.2, -0.15) is 27.2 Å². The molecule has 1 heterocycles. The first-order valence-corrected chi connectivity index (χ1v) is 8.92. The quantitative estimate of drug-likeness (QED) is 0.379. The molecule has 0 saturated heterocycles. The number of nitrogens with one attached hydrogen (secondary N) is 1. The van der Waals surface area contributed by atoms with E-state index in [0.717, 1.165) is 12.3 Å². The summed E-state index contributed by atoms with van der Waals surface area (Å²) >= 11 is 0. The molecule has 0 aliphatic carbocycles. The molecule has 2 aromatic rings. The van der Waals surface area contributed by atoms with E-state index < -0.39 is 37.0 Å². The van der Waals surface area contributed by atoms with E-state index in [1.54, 1.807) is 0 Å². The minimum Gasteiger partial charge on any atom is -0.354 e. The molecule has 0 radical (unpaired) electrons. The highest BCUT2D eigenvalue weighted by Crippen LogP contribution is 2.60. The minimum absolute atomic E-state index is 0.132. The molecule has 0 atom stereocenters. The minimum atomic E-state index is -5.91. The smallest absolute Gasteiger partial charge is 0.354 e. The van der Waals surface area contributed by atoms with Crippen molar-refractivity contribution in [3.05, 3.63) is 29.5 Å². The molecule has 1 aromatic carbocycles. The Balaban J connectivity index is 2.35. The molecule has 3 N–H and O–H groups in total. The van der Waals surface area contributed by atoms with Gasteiger partial charge in [-0.15, -0.1) is 0 Å². The van der Waals surface area contributed by atoms with Crippen molar-refractivity contribution in [3.8, 4) is 6.07 Å². The Hall–Kier alpha value is -2.35. The second-order valence-electron chi connectivity index (χ2n) is 5.49. The van der Waals surface area contributed by atoms with E-state index in [0.29, 0.717) is 6.07 Å². The summed E-state index contributed by atoms with van der Waals surface area (Å²) in [6.45, 7) is -0.132. The summed E-state index contributed by atoms with van der Waals surface area (Å²) in [4.78, 5) is 25.4. The summed E-state index contributed by atoms with van der Waals surface area (Å²) in [5.41, 5.74) is -6.64. The second kappa shape index (κ2) is 7.34. The number of nitrogens with zero attached hydrogens (tertiary/aromatic N) is 3. The Labute approximate surface area is 149 Å². The van der Waals surface area contributed by atoms with Crippen molar-refractivity contribution in [1.82, 2.24) is 9.97 Å². The van der Waals surface area contributed by atoms with E-state index in [1.165, 1.54) is 6.07 Å². The van der Waals surface area contributed by atoms with Crippen LogP contribution >= 0.6 is 7.60 Å². The number of aromatic nitrogens is 2. The number of alkyl halides is 5. The summed E-state index contributed by atoms with van der Waals surface area (Å²) in [6.07, 6.45) is -4.46. The van der Waals surface area contributed by atoms with Gasteiger partial charge in [0.25, 0.3) is 0 Å². The first-order chi connectivity index (χ1) is 12.3. The second-order valence-corrected chi connectivity index (χ2v) is 7.14. The van der Waals surface area contributed by atoms with Crippen LogP contribution in [0, 0.1) is 11.3 Å². The van der Waals surface area contributed by atoms with Gasteiger partial charge in [-0.1, -0.05) is 0 Å². The monoisotopic (exact) mass is 410 g/mol. The average molecular weight is 410 g/mol. The van der Waals surface area contributed by atoms with Crippen LogP contribution in [0.2, 0.25) is 0 Å². The van der Waals surface area contributed by atoms with Crippen LogP contribution in [0.25, 0.3) is 10.9 Å². The molecule has 1 aromatic heterocycles. The van der Waals surface area contributed by atoms with Crippen LogP contribution in [0.15, 0.2) is 18.3 Å². The third kappa shape index (κ3) is 4.88. The summed E-state index contributed by atoms with van der Waals surface area (Å²) in [7, 11) is -5.91. The molecule has 13 heteroatoms. The topological polar surface area (TPSA) is 119 Å². The highest BCUT2D eigenvalue weighted by molar-refractivity contribution is 7.52. The van der Waals surface area contributed by atoms with Gasteiger partial charge in [0.2, 0.25) is 5.95 Å². The van der Waals surface area contributed by atoms with E-state index in [1.807, 2.05) is 0 Å². The Bertz CT molecular complexity index is 939. The van der Waals surface area contributed by atoms with Crippen LogP contribution in [0.3, 0.4) is 0 Å². The van der Waals surface area contributed by atoms with Gasteiger partial charge in [-0.25, -0.2) is 9.97 Å². The molecule has 0 unspecified atom stereocenters. The van der Waals surface area contributed by atoms with Crippen LogP contribution in [-0.2, 0) is 10.2 Å². The van der Waals surface area contributed by atoms with E-state index in [4.69, 9.17) is 15.0 Å². The van der Waals surface area contributed by atoms with Crippen LogP contribution in [-0.4, -0.2) is 32.5 Å². The lowest BCUT2D eigenvalue weighted by atomic mass is 10.1. The third-order valence-electron chi connectivity index (χ3n) is 3.45. The van der Waals surface area contributed by atoms with Gasteiger partial charge in [0, 0.05) is 24.5 Å². The average Bonchev–Trinajstić information content (AvgIpc) is 2.55. The Morgan fingerprint density at radius 1 is 1.22 bits per heavy atom. The van der Waals surface area contributed by atoms with Gasteiger partial charge in [0.15, 0.2) is 0 Å². The lowest BCUT2D eigenvalue weighted by Crippen LogP contribution is -2.16. The van der Waals surface area contributed by atoms with Crippen molar-refractivity contribution < 1.29 is 36.3 Å². The highest BCUT2D eigenvalue weighted by atomic mass is 31.2. The lowest BCUT2D eigenvalue weighted by Gasteiger charge is -2.19. The molecule has 0 amide bonds. The van der Waals surface area contributed by atoms with Crippen molar-refractivity contribution >= 4 is 24.4 Å². The molecule has 0 spiro atoms. The van der Waals surface area contributed by atoms with E-state index in [2.05, 4.69) is 15.3 Å². The van der Waals surface area contributed by atoms with Crippen LogP contribution in [0.5, 0.6) is 0 Å². The predicted molar refractivity (Wildman–Crippen MR) is 84.0 cm³/mol. The fourth-order valence-corrected chi connectivity index (χ4v) is 2.65. The fraction of sp³-hybridized carbons (Fsp3) is 0.357. The maximum atomic E-state index is 14.0. The SMILES string of the molecule is N#Cc1cc2cnc(NCCCC(F)(F)F)nc2cc1C(F)(F)P(=O)(O)O. The summed E-state index contributed by atoms with van der Waals surface area (Å²) in [5.74, 6) is -0.153. The fourth-order valence-electron chi connectivity index (χ4n) is 2.15. The molecule has 146 valence electrons. The lowest BCUT2D eigenvalue weighted by molar-refractivity contribution is -0.134. The number of anilines is 1. The standard InChI is InChI=1S/C14H12F5N4O3P/c15-13(16,17)2-1-3-21-12-22-7-9-4-8(6-20)10(5-11(9)23-12)14(18,19)27(24,25)26/h4-5,7H,1-3H2,(H,21,22,23)(H2,24,25,26). The summed E-state index contributed by atoms with van der Waals surface area (Å²) < 4.78 is 75.4. The number of nitriles is 1. The molecule has 0 fully saturated rings. The zero-order valence-corrected chi connectivity index (χ0v) is 14.2. The first kappa shape index (κ1) is 21.0. The number of rotatable bonds is 6. The van der Waals surface area contributed by atoms with Crippen molar-refractivity contribution in [2.24, 2.45) is 0 Å². The van der Waals surface area contributed by atoms with Crippen molar-refractivity contribution in [1.29, 1.82) is 5.26 Å². The molecule has 0 saturated carbocycles. The van der Waals surface area contributed by atoms with E-state index >= 15 is 0 Å². The van der Waals surface area contributed by atoms with Gasteiger partial charge in [-0.05, 0) is 18.6 Å². The summed E-state index contributed by atoms with van der Waals surface area (Å²) in [5, 5.41) is 11.6. The molecular formula is C14H12F5N4O3P. The summed E-state index contributed by atoms with van der Waals surface area (Å²) in [6, 6.07) is 3.03. The molecule has 0 bridgehead atoms. The Morgan fingerprint density at radius 3 is 2.44 bits per heavy atom. The number of fused-ring (bicyclic) bond motifs is 1. The number of hydrogen-bond donors (Lipinski definition) is 3. The van der Waals surface area contributed by atoms with Gasteiger partial charge < -0.3 is 15.1 Å². The predicted octanol–water partition coefficient (Wildman–Crippen LogP) is 3.48. The van der Waals surface area contributed by atoms with Gasteiger partial charge in [0.1, 0.15) is 0 Å². The maximum absolute atomic E-state index is 14.0. The normalized spacial score (nSPS) is 12.8. The molecule has 27 heavy (non-hydrogen) atoms. The maximum Gasteiger partial charge on any atom is 0.399 e. The van der Waals surface area contributed by atoms with Crippen LogP contribution in [0.1, 0.15) is 24.0 Å². The van der Waals surface area contributed by atoms with Gasteiger partial charge in [0.05, 0.1) is 22.7 Å². The first-order valence-electron chi connectivity index (χ1n) is 7.30. The molecule has 0 aliphatic heterocycles. The van der Waals surface area contributed by atoms with Gasteiger partial charge in [-0.3, -0.25) is 4.57 Å². The molecule has 0 aliphatic rings. The number of halogens is 5. The Morgan fingerprint density at radius 2 is 1.89 bits per heavy atom. The number of hydrogen-bond acceptors (Lipinski definition) is 5. The number of benzene rings is 1. The highest BCUT2D eigenvalue weighted by Gasteiger charge is 2.52. The van der Waals surface area contributed by atoms with Crippen LogP contribution in [0.4, 0.5) is 27.9 Å². The van der Waals surface area contributed by atoms with Crippen molar-refractivity contribution in [2.75, 3.05) is 11.9 Å². The molecule has 2 rings (SSSR count). The Kier molecular flexibility index (Phi) is 5.70. The molecular weight excluding hydrogens is 398 g/mol. The van der Waals surface area contributed by atoms with Crippen LogP contribution < -0.4 is 5.32 Å². The van der Waals surface area contributed by atoms with Crippen molar-refractivity contribution in [3.63, 3.8) is 0 Å². The largest absolute Gasteiger partial charge is 0.399 e.